The minimum absolute atomic E-state index is 0.0567. The second kappa shape index (κ2) is 8.40. The Morgan fingerprint density at radius 1 is 1.07 bits per heavy atom. The summed E-state index contributed by atoms with van der Waals surface area (Å²) in [5, 5.41) is 5.89. The molecule has 4 rings (SSSR count). The minimum Gasteiger partial charge on any atom is -0.369 e. The topological polar surface area (TPSA) is 62.2 Å². The van der Waals surface area contributed by atoms with Crippen molar-refractivity contribution < 1.29 is 14.3 Å². The largest absolute Gasteiger partial charge is 0.369 e. The molecule has 6 heteroatoms. The Labute approximate surface area is 177 Å². The molecule has 1 atom stereocenters. The third kappa shape index (κ3) is 4.28. The molecule has 2 aliphatic rings. The lowest BCUT2D eigenvalue weighted by Crippen LogP contribution is -2.58. The highest BCUT2D eigenvalue weighted by molar-refractivity contribution is 6.39. The van der Waals surface area contributed by atoms with Gasteiger partial charge in [0.2, 0.25) is 5.91 Å². The molecule has 1 unspecified atom stereocenters. The molecule has 2 aromatic carbocycles. The van der Waals surface area contributed by atoms with Crippen LogP contribution in [0.15, 0.2) is 65.8 Å². The number of ether oxygens (including phenoxy) is 1. The summed E-state index contributed by atoms with van der Waals surface area (Å²) in [7, 11) is 0. The van der Waals surface area contributed by atoms with Crippen LogP contribution in [-0.2, 0) is 20.9 Å². The molecule has 0 radical (unpaired) electrons. The highest BCUT2D eigenvalue weighted by Crippen LogP contribution is 2.31. The first-order valence-corrected chi connectivity index (χ1v) is 10.3. The van der Waals surface area contributed by atoms with Crippen LogP contribution in [0.5, 0.6) is 0 Å². The summed E-state index contributed by atoms with van der Waals surface area (Å²) in [6.07, 6.45) is 0.492. The number of carbonyl (C=O) groups is 2. The Morgan fingerprint density at radius 3 is 2.43 bits per heavy atom. The van der Waals surface area contributed by atoms with Gasteiger partial charge in [-0.3, -0.25) is 9.59 Å². The first kappa shape index (κ1) is 20.3. The van der Waals surface area contributed by atoms with E-state index < -0.39 is 5.54 Å². The highest BCUT2D eigenvalue weighted by atomic mass is 16.5. The molecule has 2 aliphatic heterocycles. The fourth-order valence-corrected chi connectivity index (χ4v) is 3.87. The molecule has 2 amide bonds. The molecular weight excluding hydrogens is 378 g/mol. The normalized spacial score (nSPS) is 21.3. The van der Waals surface area contributed by atoms with Crippen molar-refractivity contribution in [1.29, 1.82) is 0 Å². The molecule has 6 nitrogen and oxygen atoms in total. The standard InChI is InChI=1S/C24H27N3O3/c1-24(2)17-30-21(19-11-7-4-8-12-19)16-26(24)23(29)20-13-14-22(28)27(25-20)15-18-9-5-3-6-10-18/h3-12,21H,13-17H2,1-2H3. The van der Waals surface area contributed by atoms with Crippen LogP contribution in [0.25, 0.3) is 0 Å². The molecule has 0 saturated carbocycles. The van der Waals surface area contributed by atoms with Crippen molar-refractivity contribution in [3.8, 4) is 0 Å². The minimum atomic E-state index is -0.448. The first-order chi connectivity index (χ1) is 14.4. The Morgan fingerprint density at radius 2 is 1.73 bits per heavy atom. The van der Waals surface area contributed by atoms with Gasteiger partial charge in [-0.1, -0.05) is 60.7 Å². The van der Waals surface area contributed by atoms with Gasteiger partial charge in [-0.15, -0.1) is 0 Å². The Kier molecular flexibility index (Phi) is 5.68. The molecule has 0 spiro atoms. The van der Waals surface area contributed by atoms with E-state index in [1.807, 2.05) is 79.4 Å². The quantitative estimate of drug-likeness (QED) is 0.782. The van der Waals surface area contributed by atoms with Crippen molar-refractivity contribution in [2.45, 2.75) is 44.9 Å². The Bertz CT molecular complexity index is 941. The lowest BCUT2D eigenvalue weighted by atomic mass is 9.96. The van der Waals surface area contributed by atoms with Crippen molar-refractivity contribution in [1.82, 2.24) is 9.91 Å². The van der Waals surface area contributed by atoms with E-state index in [0.29, 0.717) is 38.2 Å². The number of hydrogen-bond acceptors (Lipinski definition) is 4. The summed E-state index contributed by atoms with van der Waals surface area (Å²) >= 11 is 0. The molecular formula is C24H27N3O3. The van der Waals surface area contributed by atoms with Gasteiger partial charge in [-0.2, -0.15) is 5.10 Å². The van der Waals surface area contributed by atoms with Crippen LogP contribution in [0, 0.1) is 0 Å². The van der Waals surface area contributed by atoms with Crippen molar-refractivity contribution in [3.05, 3.63) is 71.8 Å². The van der Waals surface area contributed by atoms with Gasteiger partial charge >= 0.3 is 0 Å². The smallest absolute Gasteiger partial charge is 0.270 e. The summed E-state index contributed by atoms with van der Waals surface area (Å²) in [5.41, 5.74) is 2.03. The molecule has 30 heavy (non-hydrogen) atoms. The van der Waals surface area contributed by atoms with Gasteiger partial charge in [0.1, 0.15) is 11.8 Å². The van der Waals surface area contributed by atoms with Crippen molar-refractivity contribution in [2.75, 3.05) is 13.2 Å². The average Bonchev–Trinajstić information content (AvgIpc) is 2.76. The molecule has 0 aromatic heterocycles. The van der Waals surface area contributed by atoms with Crippen LogP contribution in [0.3, 0.4) is 0 Å². The molecule has 2 aromatic rings. The highest BCUT2D eigenvalue weighted by Gasteiger charge is 2.41. The number of morpholine rings is 1. The molecule has 1 saturated heterocycles. The predicted molar refractivity (Wildman–Crippen MR) is 115 cm³/mol. The van der Waals surface area contributed by atoms with Crippen LogP contribution in [0.4, 0.5) is 0 Å². The summed E-state index contributed by atoms with van der Waals surface area (Å²) in [5.74, 6) is -0.173. The average molecular weight is 405 g/mol. The molecule has 156 valence electrons. The van der Waals surface area contributed by atoms with Gasteiger partial charge in [-0.25, -0.2) is 5.01 Å². The summed E-state index contributed by atoms with van der Waals surface area (Å²) in [4.78, 5) is 27.7. The van der Waals surface area contributed by atoms with E-state index in [1.54, 1.807) is 0 Å². The van der Waals surface area contributed by atoms with E-state index in [0.717, 1.165) is 11.1 Å². The third-order valence-electron chi connectivity index (χ3n) is 5.66. The zero-order chi connectivity index (χ0) is 21.1. The molecule has 0 bridgehead atoms. The van der Waals surface area contributed by atoms with E-state index in [4.69, 9.17) is 4.74 Å². The van der Waals surface area contributed by atoms with Gasteiger partial charge in [-0.05, 0) is 25.0 Å². The van der Waals surface area contributed by atoms with Gasteiger partial charge < -0.3 is 9.64 Å². The zero-order valence-corrected chi connectivity index (χ0v) is 17.5. The van der Waals surface area contributed by atoms with E-state index in [-0.39, 0.29) is 17.9 Å². The number of carbonyl (C=O) groups excluding carboxylic acids is 2. The monoisotopic (exact) mass is 405 g/mol. The lowest BCUT2D eigenvalue weighted by Gasteiger charge is -2.45. The number of amides is 2. The van der Waals surface area contributed by atoms with E-state index >= 15 is 0 Å². The number of benzene rings is 2. The molecule has 0 aliphatic carbocycles. The van der Waals surface area contributed by atoms with Gasteiger partial charge in [0.25, 0.3) is 5.91 Å². The maximum atomic E-state index is 13.5. The fourth-order valence-electron chi connectivity index (χ4n) is 3.87. The summed E-state index contributed by atoms with van der Waals surface area (Å²) in [6, 6.07) is 19.7. The van der Waals surface area contributed by atoms with Crippen LogP contribution in [-0.4, -0.2) is 46.1 Å². The van der Waals surface area contributed by atoms with Crippen molar-refractivity contribution in [2.24, 2.45) is 5.10 Å². The van der Waals surface area contributed by atoms with Crippen molar-refractivity contribution in [3.63, 3.8) is 0 Å². The third-order valence-corrected chi connectivity index (χ3v) is 5.66. The fraction of sp³-hybridized carbons (Fsp3) is 0.375. The van der Waals surface area contributed by atoms with E-state index in [2.05, 4.69) is 5.10 Å². The SMILES string of the molecule is CC1(C)COC(c2ccccc2)CN1C(=O)C1=NN(Cc2ccccc2)C(=O)CC1. The first-order valence-electron chi connectivity index (χ1n) is 10.3. The van der Waals surface area contributed by atoms with Crippen LogP contribution >= 0.6 is 0 Å². The van der Waals surface area contributed by atoms with Crippen LogP contribution in [0.1, 0.15) is 43.9 Å². The number of hydrogen-bond donors (Lipinski definition) is 0. The molecule has 1 fully saturated rings. The van der Waals surface area contributed by atoms with E-state index in [1.165, 1.54) is 5.01 Å². The molecule has 0 N–H and O–H groups in total. The van der Waals surface area contributed by atoms with Gasteiger partial charge in [0.15, 0.2) is 0 Å². The maximum Gasteiger partial charge on any atom is 0.270 e. The maximum absolute atomic E-state index is 13.5. The van der Waals surface area contributed by atoms with Gasteiger partial charge in [0.05, 0.1) is 25.2 Å². The van der Waals surface area contributed by atoms with E-state index in [9.17, 15) is 9.59 Å². The zero-order valence-electron chi connectivity index (χ0n) is 17.5. The predicted octanol–water partition coefficient (Wildman–Crippen LogP) is 3.54. The lowest BCUT2D eigenvalue weighted by molar-refractivity contribution is -0.148. The molecule has 2 heterocycles. The number of nitrogens with zero attached hydrogens (tertiary/aromatic N) is 3. The summed E-state index contributed by atoms with van der Waals surface area (Å²) in [6.45, 7) is 5.28. The van der Waals surface area contributed by atoms with Crippen LogP contribution in [0.2, 0.25) is 0 Å². The van der Waals surface area contributed by atoms with Gasteiger partial charge in [0, 0.05) is 12.8 Å². The number of hydrazone groups is 1. The second-order valence-electron chi connectivity index (χ2n) is 8.42. The Hall–Kier alpha value is -2.99. The number of rotatable bonds is 4. The summed E-state index contributed by atoms with van der Waals surface area (Å²) < 4.78 is 6.07. The van der Waals surface area contributed by atoms with Crippen molar-refractivity contribution >= 4 is 17.5 Å². The Balaban J connectivity index is 1.55. The second-order valence-corrected chi connectivity index (χ2v) is 8.42. The van der Waals surface area contributed by atoms with Crippen LogP contribution < -0.4 is 0 Å².